The summed E-state index contributed by atoms with van der Waals surface area (Å²) in [5.41, 5.74) is 1.64. The van der Waals surface area contributed by atoms with Crippen molar-refractivity contribution in [2.24, 2.45) is 0 Å². The summed E-state index contributed by atoms with van der Waals surface area (Å²) in [6, 6.07) is 1.53. The number of aromatic nitrogens is 2. The van der Waals surface area contributed by atoms with Crippen LogP contribution in [0.15, 0.2) is 24.5 Å². The summed E-state index contributed by atoms with van der Waals surface area (Å²) in [5.74, 6) is -1.44. The van der Waals surface area contributed by atoms with Crippen molar-refractivity contribution in [3.8, 4) is 0 Å². The molecule has 2 rings (SSSR count). The summed E-state index contributed by atoms with van der Waals surface area (Å²) in [6.07, 6.45) is 5.21. The van der Waals surface area contributed by atoms with Crippen molar-refractivity contribution >= 4 is 34.4 Å². The average molecular weight is 303 g/mol. The number of rotatable bonds is 4. The number of carbonyl (C=O) groups is 2. The number of carboxylic acid groups (broad SMARTS) is 1. The van der Waals surface area contributed by atoms with E-state index >= 15 is 0 Å². The molecular weight excluding hydrogens is 290 g/mol. The number of nitrogens with zero attached hydrogens (tertiary/aromatic N) is 2. The Morgan fingerprint density at radius 2 is 2.14 bits per heavy atom. The Morgan fingerprint density at radius 1 is 1.38 bits per heavy atom. The van der Waals surface area contributed by atoms with Gasteiger partial charge in [0.15, 0.2) is 5.13 Å². The van der Waals surface area contributed by atoms with Gasteiger partial charge in [0, 0.05) is 28.9 Å². The fourth-order valence-electron chi connectivity index (χ4n) is 1.60. The zero-order valence-electron chi connectivity index (χ0n) is 11.5. The molecule has 21 heavy (non-hydrogen) atoms. The number of hydrogen-bond acceptors (Lipinski definition) is 5. The maximum Gasteiger partial charge on any atom is 0.328 e. The Hall–Kier alpha value is -2.54. The van der Waals surface area contributed by atoms with Crippen LogP contribution in [0.1, 0.15) is 26.5 Å². The van der Waals surface area contributed by atoms with Crippen LogP contribution in [0.5, 0.6) is 0 Å². The smallest absolute Gasteiger partial charge is 0.328 e. The predicted octanol–water partition coefficient (Wildman–Crippen LogP) is 2.51. The molecule has 0 atom stereocenters. The molecule has 2 N–H and O–H groups in total. The third-order valence-electron chi connectivity index (χ3n) is 2.75. The highest BCUT2D eigenvalue weighted by atomic mass is 32.1. The number of carbonyl (C=O) groups excluding carboxylic acids is 1. The second-order valence-corrected chi connectivity index (χ2v) is 5.45. The first-order valence-electron chi connectivity index (χ1n) is 6.08. The molecule has 0 unspecified atom stereocenters. The van der Waals surface area contributed by atoms with Crippen molar-refractivity contribution in [1.82, 2.24) is 9.97 Å². The lowest BCUT2D eigenvalue weighted by atomic mass is 10.1. The van der Waals surface area contributed by atoms with Crippen LogP contribution in [0.25, 0.3) is 6.08 Å². The molecule has 0 aromatic carbocycles. The Bertz CT molecular complexity index is 703. The standard InChI is InChI=1S/C14H13N3O3S/c1-8-9(2)21-14(16-8)17-13(20)11-5-6-15-7-10(11)3-4-12(18)19/h3-7H,1-2H3,(H,18,19)(H,16,17,20). The van der Waals surface area contributed by atoms with E-state index in [9.17, 15) is 9.59 Å². The molecule has 0 fully saturated rings. The number of hydrogen-bond donors (Lipinski definition) is 2. The van der Waals surface area contributed by atoms with E-state index in [-0.39, 0.29) is 5.91 Å². The minimum Gasteiger partial charge on any atom is -0.478 e. The van der Waals surface area contributed by atoms with Gasteiger partial charge in [0.25, 0.3) is 5.91 Å². The van der Waals surface area contributed by atoms with E-state index in [2.05, 4.69) is 15.3 Å². The van der Waals surface area contributed by atoms with Crippen LogP contribution in [0.3, 0.4) is 0 Å². The minimum atomic E-state index is -1.09. The molecule has 0 bridgehead atoms. The monoisotopic (exact) mass is 303 g/mol. The van der Waals surface area contributed by atoms with E-state index in [4.69, 9.17) is 5.11 Å². The summed E-state index contributed by atoms with van der Waals surface area (Å²) in [7, 11) is 0. The zero-order chi connectivity index (χ0) is 15.4. The molecule has 0 spiro atoms. The number of nitrogens with one attached hydrogen (secondary N) is 1. The number of thiazole rings is 1. The van der Waals surface area contributed by atoms with Crippen LogP contribution < -0.4 is 5.32 Å². The van der Waals surface area contributed by atoms with Gasteiger partial charge in [-0.2, -0.15) is 0 Å². The van der Waals surface area contributed by atoms with Gasteiger partial charge in [-0.1, -0.05) is 0 Å². The highest BCUT2D eigenvalue weighted by molar-refractivity contribution is 7.15. The Kier molecular flexibility index (Phi) is 4.44. The van der Waals surface area contributed by atoms with Gasteiger partial charge in [0.2, 0.25) is 0 Å². The van der Waals surface area contributed by atoms with Gasteiger partial charge in [-0.3, -0.25) is 15.1 Å². The highest BCUT2D eigenvalue weighted by Crippen LogP contribution is 2.22. The topological polar surface area (TPSA) is 92.2 Å². The predicted molar refractivity (Wildman–Crippen MR) is 80.4 cm³/mol. The molecule has 2 heterocycles. The summed E-state index contributed by atoms with van der Waals surface area (Å²) in [4.78, 5) is 32.0. The van der Waals surface area contributed by atoms with Crippen LogP contribution in [-0.4, -0.2) is 27.0 Å². The van der Waals surface area contributed by atoms with Crippen molar-refractivity contribution in [3.05, 3.63) is 46.2 Å². The Balaban J connectivity index is 2.25. The molecule has 0 saturated carbocycles. The summed E-state index contributed by atoms with van der Waals surface area (Å²) >= 11 is 1.39. The second kappa shape index (κ2) is 6.27. The van der Waals surface area contributed by atoms with Gasteiger partial charge in [0.05, 0.1) is 11.3 Å². The Morgan fingerprint density at radius 3 is 2.76 bits per heavy atom. The van der Waals surface area contributed by atoms with Gasteiger partial charge in [-0.15, -0.1) is 11.3 Å². The first-order chi connectivity index (χ1) is 9.97. The third kappa shape index (κ3) is 3.73. The molecule has 108 valence electrons. The van der Waals surface area contributed by atoms with Crippen molar-refractivity contribution in [1.29, 1.82) is 0 Å². The molecule has 2 aromatic heterocycles. The lowest BCUT2D eigenvalue weighted by Crippen LogP contribution is -2.13. The molecule has 0 radical (unpaired) electrons. The number of pyridine rings is 1. The van der Waals surface area contributed by atoms with Crippen molar-refractivity contribution in [3.63, 3.8) is 0 Å². The molecule has 0 aliphatic heterocycles. The first kappa shape index (κ1) is 14.9. The lowest BCUT2D eigenvalue weighted by Gasteiger charge is -2.04. The SMILES string of the molecule is Cc1nc(NC(=O)c2ccncc2C=CC(=O)O)sc1C. The van der Waals surface area contributed by atoms with E-state index in [1.165, 1.54) is 35.9 Å². The number of aliphatic carboxylic acids is 1. The van der Waals surface area contributed by atoms with E-state index in [1.807, 2.05) is 13.8 Å². The molecule has 6 nitrogen and oxygen atoms in total. The maximum atomic E-state index is 12.2. The molecule has 2 aromatic rings. The van der Waals surface area contributed by atoms with E-state index in [1.54, 1.807) is 0 Å². The highest BCUT2D eigenvalue weighted by Gasteiger charge is 2.13. The van der Waals surface area contributed by atoms with Crippen molar-refractivity contribution < 1.29 is 14.7 Å². The van der Waals surface area contributed by atoms with Gasteiger partial charge >= 0.3 is 5.97 Å². The number of carboxylic acids is 1. The van der Waals surface area contributed by atoms with E-state index < -0.39 is 5.97 Å². The molecular formula is C14H13N3O3S. The van der Waals surface area contributed by atoms with Crippen LogP contribution in [-0.2, 0) is 4.79 Å². The van der Waals surface area contributed by atoms with Crippen LogP contribution in [0, 0.1) is 13.8 Å². The molecule has 1 amide bonds. The first-order valence-corrected chi connectivity index (χ1v) is 6.89. The largest absolute Gasteiger partial charge is 0.478 e. The number of aryl methyl sites for hydroxylation is 2. The number of amides is 1. The quantitative estimate of drug-likeness (QED) is 0.847. The molecule has 7 heteroatoms. The van der Waals surface area contributed by atoms with E-state index in [0.29, 0.717) is 16.3 Å². The summed E-state index contributed by atoms with van der Waals surface area (Å²) < 4.78 is 0. The molecule has 0 saturated heterocycles. The molecule has 0 aliphatic carbocycles. The fraction of sp³-hybridized carbons (Fsp3) is 0.143. The Labute approximate surface area is 125 Å². The van der Waals surface area contributed by atoms with Crippen LogP contribution >= 0.6 is 11.3 Å². The van der Waals surface area contributed by atoms with Crippen molar-refractivity contribution in [2.75, 3.05) is 5.32 Å². The maximum absolute atomic E-state index is 12.2. The minimum absolute atomic E-state index is 0.341. The van der Waals surface area contributed by atoms with Crippen LogP contribution in [0.4, 0.5) is 5.13 Å². The normalized spacial score (nSPS) is 10.8. The van der Waals surface area contributed by atoms with Crippen molar-refractivity contribution in [2.45, 2.75) is 13.8 Å². The van der Waals surface area contributed by atoms with Gasteiger partial charge in [-0.25, -0.2) is 9.78 Å². The summed E-state index contributed by atoms with van der Waals surface area (Å²) in [5, 5.41) is 11.9. The van der Waals surface area contributed by atoms with Gasteiger partial charge in [0.1, 0.15) is 0 Å². The third-order valence-corrected chi connectivity index (χ3v) is 3.74. The van der Waals surface area contributed by atoms with Gasteiger partial charge < -0.3 is 5.11 Å². The van der Waals surface area contributed by atoms with E-state index in [0.717, 1.165) is 16.6 Å². The summed E-state index contributed by atoms with van der Waals surface area (Å²) in [6.45, 7) is 3.80. The zero-order valence-corrected chi connectivity index (χ0v) is 12.3. The second-order valence-electron chi connectivity index (χ2n) is 4.25. The van der Waals surface area contributed by atoms with Gasteiger partial charge in [-0.05, 0) is 26.0 Å². The fourth-order valence-corrected chi connectivity index (χ4v) is 2.41. The lowest BCUT2D eigenvalue weighted by molar-refractivity contribution is -0.131. The average Bonchev–Trinajstić information content (AvgIpc) is 2.75. The molecule has 0 aliphatic rings. The number of anilines is 1. The van der Waals surface area contributed by atoms with Crippen LogP contribution in [0.2, 0.25) is 0 Å².